The Morgan fingerprint density at radius 3 is 2.09 bits per heavy atom. The number of aryl methyl sites for hydroxylation is 2. The molecule has 118 valence electrons. The number of pyridine rings is 2. The van der Waals surface area contributed by atoms with Crippen LogP contribution in [0.5, 0.6) is 0 Å². The number of methoxy groups -OCH3 is 1. The largest absolute Gasteiger partial charge is 0.465 e. The summed E-state index contributed by atoms with van der Waals surface area (Å²) in [7, 11) is 1.33. The Bertz CT molecular complexity index is 623. The third-order valence-electron chi connectivity index (χ3n) is 2.51. The van der Waals surface area contributed by atoms with Crippen LogP contribution in [-0.2, 0) is 11.3 Å². The molecule has 0 atom stereocenters. The van der Waals surface area contributed by atoms with Gasteiger partial charge in [0.2, 0.25) is 0 Å². The van der Waals surface area contributed by atoms with E-state index in [9.17, 15) is 4.79 Å². The van der Waals surface area contributed by atoms with Gasteiger partial charge in [-0.15, -0.1) is 0 Å². The van der Waals surface area contributed by atoms with Crippen molar-refractivity contribution in [1.82, 2.24) is 9.97 Å². The van der Waals surface area contributed by atoms with Crippen molar-refractivity contribution in [2.24, 2.45) is 0 Å². The normalized spacial score (nSPS) is 9.73. The molecule has 0 aromatic carbocycles. The Kier molecular flexibility index (Phi) is 7.24. The number of carbonyl (C=O) groups is 1. The quantitative estimate of drug-likeness (QED) is 0.669. The summed E-state index contributed by atoms with van der Waals surface area (Å²) >= 11 is 11.2. The Labute approximate surface area is 138 Å². The zero-order chi connectivity index (χ0) is 16.7. The lowest BCUT2D eigenvalue weighted by molar-refractivity contribution is 0.0600. The standard InChI is InChI=1S/C8H8ClNO2.C7H8ClNO/c1-5-3-6(8(11)12-2)4-7(9)10-5;1-5-2-6(4-10)3-7(8)9-5/h3-4H,1-2H3;2-3,10H,4H2,1H3. The molecule has 0 bridgehead atoms. The average molecular weight is 343 g/mol. The third kappa shape index (κ3) is 5.97. The van der Waals surface area contributed by atoms with Gasteiger partial charge in [-0.2, -0.15) is 0 Å². The van der Waals surface area contributed by atoms with Crippen LogP contribution < -0.4 is 0 Å². The molecule has 0 radical (unpaired) electrons. The summed E-state index contributed by atoms with van der Waals surface area (Å²) in [5, 5.41) is 9.44. The SMILES string of the molecule is COC(=O)c1cc(C)nc(Cl)c1.Cc1cc(CO)cc(Cl)n1. The minimum atomic E-state index is -0.401. The van der Waals surface area contributed by atoms with Gasteiger partial charge in [0.15, 0.2) is 0 Å². The zero-order valence-corrected chi connectivity index (χ0v) is 13.9. The Hall–Kier alpha value is -1.69. The van der Waals surface area contributed by atoms with E-state index in [1.165, 1.54) is 13.2 Å². The first-order chi connectivity index (χ1) is 10.3. The van der Waals surface area contributed by atoms with Gasteiger partial charge in [0.05, 0.1) is 19.3 Å². The summed E-state index contributed by atoms with van der Waals surface area (Å²) in [6.07, 6.45) is 0. The number of ether oxygens (including phenoxy) is 1. The lowest BCUT2D eigenvalue weighted by Gasteiger charge is -2.00. The Balaban J connectivity index is 0.000000224. The number of carbonyl (C=O) groups excluding carboxylic acids is 1. The number of hydrogen-bond acceptors (Lipinski definition) is 5. The molecule has 0 fully saturated rings. The predicted octanol–water partition coefficient (Wildman–Crippen LogP) is 3.37. The van der Waals surface area contributed by atoms with Crippen molar-refractivity contribution in [2.75, 3.05) is 7.11 Å². The van der Waals surface area contributed by atoms with Crippen molar-refractivity contribution in [3.05, 3.63) is 57.1 Å². The van der Waals surface area contributed by atoms with Gasteiger partial charge in [-0.05, 0) is 43.7 Å². The van der Waals surface area contributed by atoms with Crippen molar-refractivity contribution in [1.29, 1.82) is 0 Å². The second kappa shape index (κ2) is 8.68. The van der Waals surface area contributed by atoms with Gasteiger partial charge in [0, 0.05) is 11.4 Å². The van der Waals surface area contributed by atoms with Crippen LogP contribution in [0.25, 0.3) is 0 Å². The van der Waals surface area contributed by atoms with Crippen LogP contribution in [0, 0.1) is 13.8 Å². The van der Waals surface area contributed by atoms with E-state index in [0.717, 1.165) is 11.3 Å². The fraction of sp³-hybridized carbons (Fsp3) is 0.267. The lowest BCUT2D eigenvalue weighted by atomic mass is 10.2. The van der Waals surface area contributed by atoms with Crippen LogP contribution in [0.1, 0.15) is 27.3 Å². The molecule has 2 aromatic rings. The van der Waals surface area contributed by atoms with Crippen LogP contribution in [0.3, 0.4) is 0 Å². The van der Waals surface area contributed by atoms with Gasteiger partial charge < -0.3 is 9.84 Å². The van der Waals surface area contributed by atoms with Crippen LogP contribution in [0.15, 0.2) is 24.3 Å². The van der Waals surface area contributed by atoms with Gasteiger partial charge in [0.1, 0.15) is 10.3 Å². The molecule has 0 saturated carbocycles. The third-order valence-corrected chi connectivity index (χ3v) is 2.90. The number of aliphatic hydroxyl groups is 1. The van der Waals surface area contributed by atoms with Crippen molar-refractivity contribution >= 4 is 29.2 Å². The van der Waals surface area contributed by atoms with E-state index >= 15 is 0 Å². The summed E-state index contributed by atoms with van der Waals surface area (Å²) in [5.41, 5.74) is 2.76. The van der Waals surface area contributed by atoms with Crippen molar-refractivity contribution < 1.29 is 14.6 Å². The van der Waals surface area contributed by atoms with Crippen molar-refractivity contribution in [3.63, 3.8) is 0 Å². The summed E-state index contributed by atoms with van der Waals surface area (Å²) < 4.78 is 4.52. The molecular weight excluding hydrogens is 327 g/mol. The average Bonchev–Trinajstić information content (AvgIpc) is 2.45. The van der Waals surface area contributed by atoms with Crippen LogP contribution in [0.2, 0.25) is 10.3 Å². The smallest absolute Gasteiger partial charge is 0.338 e. The summed E-state index contributed by atoms with van der Waals surface area (Å²) in [6.45, 7) is 3.62. The molecule has 0 unspecified atom stereocenters. The highest BCUT2D eigenvalue weighted by molar-refractivity contribution is 6.29. The highest BCUT2D eigenvalue weighted by Gasteiger charge is 2.06. The molecule has 0 amide bonds. The number of esters is 1. The fourth-order valence-corrected chi connectivity index (χ4v) is 2.18. The number of aliphatic hydroxyl groups excluding tert-OH is 1. The molecule has 0 saturated heterocycles. The van der Waals surface area contributed by atoms with Crippen LogP contribution in [0.4, 0.5) is 0 Å². The first kappa shape index (κ1) is 18.4. The molecule has 22 heavy (non-hydrogen) atoms. The van der Waals surface area contributed by atoms with E-state index in [1.54, 1.807) is 25.1 Å². The van der Waals surface area contributed by atoms with Gasteiger partial charge >= 0.3 is 5.97 Å². The first-order valence-corrected chi connectivity index (χ1v) is 7.07. The maximum absolute atomic E-state index is 11.0. The molecule has 0 aliphatic carbocycles. The summed E-state index contributed by atoms with van der Waals surface area (Å²) in [6, 6.07) is 6.54. The molecule has 7 heteroatoms. The molecule has 0 aliphatic heterocycles. The summed E-state index contributed by atoms with van der Waals surface area (Å²) in [5.74, 6) is -0.401. The maximum atomic E-state index is 11.0. The van der Waals surface area contributed by atoms with Crippen LogP contribution in [-0.4, -0.2) is 28.2 Å². The van der Waals surface area contributed by atoms with Gasteiger partial charge in [-0.1, -0.05) is 23.2 Å². The van der Waals surface area contributed by atoms with E-state index in [0.29, 0.717) is 21.6 Å². The molecule has 0 spiro atoms. The van der Waals surface area contributed by atoms with Gasteiger partial charge in [-0.25, -0.2) is 14.8 Å². The van der Waals surface area contributed by atoms with E-state index < -0.39 is 5.97 Å². The van der Waals surface area contributed by atoms with E-state index in [2.05, 4.69) is 14.7 Å². The second-order valence-electron chi connectivity index (χ2n) is 4.41. The van der Waals surface area contributed by atoms with Gasteiger partial charge in [0.25, 0.3) is 0 Å². The van der Waals surface area contributed by atoms with E-state index in [1.807, 2.05) is 6.92 Å². The highest BCUT2D eigenvalue weighted by Crippen LogP contribution is 2.11. The van der Waals surface area contributed by atoms with E-state index in [-0.39, 0.29) is 6.61 Å². The number of rotatable bonds is 2. The molecule has 0 aliphatic rings. The summed E-state index contributed by atoms with van der Waals surface area (Å²) in [4.78, 5) is 18.9. The Morgan fingerprint density at radius 2 is 1.64 bits per heavy atom. The number of nitrogens with zero attached hydrogens (tertiary/aromatic N) is 2. The fourth-order valence-electron chi connectivity index (χ4n) is 1.65. The number of halogens is 2. The molecule has 2 rings (SSSR count). The monoisotopic (exact) mass is 342 g/mol. The zero-order valence-electron chi connectivity index (χ0n) is 12.4. The van der Waals surface area contributed by atoms with Gasteiger partial charge in [-0.3, -0.25) is 0 Å². The maximum Gasteiger partial charge on any atom is 0.338 e. The molecule has 2 aromatic heterocycles. The molecular formula is C15H16Cl2N2O3. The van der Waals surface area contributed by atoms with Crippen molar-refractivity contribution in [2.45, 2.75) is 20.5 Å². The predicted molar refractivity (Wildman–Crippen MR) is 85.2 cm³/mol. The topological polar surface area (TPSA) is 72.3 Å². The Morgan fingerprint density at radius 1 is 1.09 bits per heavy atom. The molecule has 1 N–H and O–H groups in total. The minimum Gasteiger partial charge on any atom is -0.465 e. The van der Waals surface area contributed by atoms with Crippen LogP contribution >= 0.6 is 23.2 Å². The van der Waals surface area contributed by atoms with E-state index in [4.69, 9.17) is 28.3 Å². The second-order valence-corrected chi connectivity index (χ2v) is 5.18. The highest BCUT2D eigenvalue weighted by atomic mass is 35.5. The first-order valence-electron chi connectivity index (χ1n) is 6.32. The van der Waals surface area contributed by atoms with Crippen molar-refractivity contribution in [3.8, 4) is 0 Å². The lowest BCUT2D eigenvalue weighted by Crippen LogP contribution is -2.02. The number of aromatic nitrogens is 2. The minimum absolute atomic E-state index is 0.0169. The number of hydrogen-bond donors (Lipinski definition) is 1. The molecule has 5 nitrogen and oxygen atoms in total. The molecule has 2 heterocycles.